The van der Waals surface area contributed by atoms with Gasteiger partial charge in [-0.3, -0.25) is 4.79 Å². The molecule has 3 N–H and O–H groups in total. The van der Waals surface area contributed by atoms with Crippen LogP contribution < -0.4 is 5.73 Å². The predicted octanol–water partition coefficient (Wildman–Crippen LogP) is 0.634. The number of amides is 1. The second-order valence-corrected chi connectivity index (χ2v) is 4.83. The van der Waals surface area contributed by atoms with Crippen LogP contribution in [0.4, 0.5) is 0 Å². The zero-order chi connectivity index (χ0) is 14.8. The Bertz CT molecular complexity index is 690. The molecule has 0 spiro atoms. The van der Waals surface area contributed by atoms with Crippen molar-refractivity contribution in [2.45, 2.75) is 13.1 Å². The number of amidine groups is 1. The third-order valence-electron chi connectivity index (χ3n) is 3.57. The summed E-state index contributed by atoms with van der Waals surface area (Å²) in [7, 11) is 0. The molecule has 2 aromatic rings. The van der Waals surface area contributed by atoms with Gasteiger partial charge in [-0.15, -0.1) is 0 Å². The molecule has 1 aliphatic rings. The molecule has 0 fully saturated rings. The maximum Gasteiger partial charge on any atom is 0.254 e. The van der Waals surface area contributed by atoms with E-state index in [9.17, 15) is 4.79 Å². The SMILES string of the molecule is NC(=NO)c1ccc(C(=O)N2CCn3ccnc3C2)cc1. The molecular formula is C14H15N5O2. The van der Waals surface area contributed by atoms with Crippen LogP contribution in [-0.4, -0.2) is 37.9 Å². The van der Waals surface area contributed by atoms with Gasteiger partial charge in [-0.25, -0.2) is 4.98 Å². The third kappa shape index (κ3) is 2.45. The molecule has 3 rings (SSSR count). The monoisotopic (exact) mass is 285 g/mol. The minimum Gasteiger partial charge on any atom is -0.409 e. The van der Waals surface area contributed by atoms with Crippen molar-refractivity contribution in [3.8, 4) is 0 Å². The average molecular weight is 285 g/mol. The number of hydrogen-bond donors (Lipinski definition) is 2. The molecule has 1 aromatic heterocycles. The number of nitrogens with zero attached hydrogens (tertiary/aromatic N) is 4. The van der Waals surface area contributed by atoms with E-state index in [1.807, 2.05) is 10.8 Å². The number of imidazole rings is 1. The van der Waals surface area contributed by atoms with Crippen molar-refractivity contribution in [2.24, 2.45) is 10.9 Å². The van der Waals surface area contributed by atoms with Crippen LogP contribution in [0.5, 0.6) is 0 Å². The van der Waals surface area contributed by atoms with Crippen molar-refractivity contribution in [3.63, 3.8) is 0 Å². The Labute approximate surface area is 121 Å². The molecule has 21 heavy (non-hydrogen) atoms. The van der Waals surface area contributed by atoms with Gasteiger partial charge in [-0.2, -0.15) is 0 Å². The van der Waals surface area contributed by atoms with E-state index in [0.29, 0.717) is 24.2 Å². The van der Waals surface area contributed by atoms with Gasteiger partial charge < -0.3 is 20.4 Å². The fourth-order valence-corrected chi connectivity index (χ4v) is 2.37. The van der Waals surface area contributed by atoms with E-state index in [1.54, 1.807) is 35.4 Å². The van der Waals surface area contributed by atoms with Crippen LogP contribution in [-0.2, 0) is 13.1 Å². The molecule has 0 bridgehead atoms. The second kappa shape index (κ2) is 5.28. The van der Waals surface area contributed by atoms with E-state index in [4.69, 9.17) is 10.9 Å². The minimum atomic E-state index is -0.0460. The first-order valence-corrected chi connectivity index (χ1v) is 6.56. The van der Waals surface area contributed by atoms with Crippen molar-refractivity contribution in [1.29, 1.82) is 0 Å². The molecule has 0 unspecified atom stereocenters. The quantitative estimate of drug-likeness (QED) is 0.366. The maximum atomic E-state index is 12.5. The number of rotatable bonds is 2. The van der Waals surface area contributed by atoms with Gasteiger partial charge in [0.2, 0.25) is 0 Å². The van der Waals surface area contributed by atoms with Crippen LogP contribution in [0, 0.1) is 0 Å². The van der Waals surface area contributed by atoms with Crippen LogP contribution in [0.1, 0.15) is 21.7 Å². The van der Waals surface area contributed by atoms with Crippen molar-refractivity contribution in [1.82, 2.24) is 14.5 Å². The van der Waals surface area contributed by atoms with Gasteiger partial charge in [0.1, 0.15) is 5.82 Å². The molecular weight excluding hydrogens is 270 g/mol. The van der Waals surface area contributed by atoms with Crippen LogP contribution in [0.3, 0.4) is 0 Å². The second-order valence-electron chi connectivity index (χ2n) is 4.83. The summed E-state index contributed by atoms with van der Waals surface area (Å²) in [5.41, 5.74) is 6.64. The van der Waals surface area contributed by atoms with Crippen molar-refractivity contribution in [2.75, 3.05) is 6.54 Å². The number of carbonyl (C=O) groups excluding carboxylic acids is 1. The van der Waals surface area contributed by atoms with E-state index < -0.39 is 0 Å². The topological polar surface area (TPSA) is 96.7 Å². The summed E-state index contributed by atoms with van der Waals surface area (Å²) < 4.78 is 2.05. The highest BCUT2D eigenvalue weighted by Crippen LogP contribution is 2.14. The lowest BCUT2D eigenvalue weighted by Gasteiger charge is -2.27. The summed E-state index contributed by atoms with van der Waals surface area (Å²) in [5.74, 6) is 0.868. The fourth-order valence-electron chi connectivity index (χ4n) is 2.37. The zero-order valence-electron chi connectivity index (χ0n) is 11.3. The number of hydrogen-bond acceptors (Lipinski definition) is 4. The number of aromatic nitrogens is 2. The maximum absolute atomic E-state index is 12.5. The smallest absolute Gasteiger partial charge is 0.254 e. The van der Waals surface area contributed by atoms with Gasteiger partial charge >= 0.3 is 0 Å². The third-order valence-corrected chi connectivity index (χ3v) is 3.57. The standard InChI is InChI=1S/C14H15N5O2/c15-13(17-21)10-1-3-11(4-2-10)14(20)19-8-7-18-6-5-16-12(18)9-19/h1-6,21H,7-9H2,(H2,15,17). The highest BCUT2D eigenvalue weighted by Gasteiger charge is 2.22. The van der Waals surface area contributed by atoms with Gasteiger partial charge in [0, 0.05) is 36.6 Å². The van der Waals surface area contributed by atoms with E-state index in [-0.39, 0.29) is 11.7 Å². The molecule has 1 aliphatic heterocycles. The largest absolute Gasteiger partial charge is 0.409 e. The first-order chi connectivity index (χ1) is 10.2. The van der Waals surface area contributed by atoms with Crippen molar-refractivity contribution >= 4 is 11.7 Å². The number of oxime groups is 1. The molecule has 0 atom stereocenters. The molecule has 1 amide bonds. The molecule has 108 valence electrons. The van der Waals surface area contributed by atoms with Crippen molar-refractivity contribution in [3.05, 3.63) is 53.6 Å². The summed E-state index contributed by atoms with van der Waals surface area (Å²) in [6.07, 6.45) is 3.66. The van der Waals surface area contributed by atoms with Gasteiger partial charge in [0.05, 0.1) is 6.54 Å². The van der Waals surface area contributed by atoms with E-state index in [0.717, 1.165) is 12.4 Å². The number of carbonyl (C=O) groups is 1. The number of benzene rings is 1. The molecule has 0 radical (unpaired) electrons. The Morgan fingerprint density at radius 1 is 1.24 bits per heavy atom. The molecule has 1 aromatic carbocycles. The lowest BCUT2D eigenvalue weighted by molar-refractivity contribution is 0.0707. The number of fused-ring (bicyclic) bond motifs is 1. The van der Waals surface area contributed by atoms with Crippen LogP contribution in [0.15, 0.2) is 41.8 Å². The Hall–Kier alpha value is -2.83. The molecule has 7 heteroatoms. The van der Waals surface area contributed by atoms with E-state index in [1.165, 1.54) is 0 Å². The van der Waals surface area contributed by atoms with Gasteiger partial charge in [0.15, 0.2) is 5.84 Å². The summed E-state index contributed by atoms with van der Waals surface area (Å²) in [6.45, 7) is 1.92. The van der Waals surface area contributed by atoms with Gasteiger partial charge in [0.25, 0.3) is 5.91 Å². The summed E-state index contributed by atoms with van der Waals surface area (Å²) in [6, 6.07) is 6.67. The molecule has 2 heterocycles. The zero-order valence-corrected chi connectivity index (χ0v) is 11.3. The van der Waals surface area contributed by atoms with Gasteiger partial charge in [-0.1, -0.05) is 17.3 Å². The first-order valence-electron chi connectivity index (χ1n) is 6.56. The normalized spacial score (nSPS) is 14.9. The lowest BCUT2D eigenvalue weighted by Crippen LogP contribution is -2.38. The summed E-state index contributed by atoms with van der Waals surface area (Å²) >= 11 is 0. The average Bonchev–Trinajstić information content (AvgIpc) is 3.01. The molecule has 7 nitrogen and oxygen atoms in total. The van der Waals surface area contributed by atoms with Gasteiger partial charge in [-0.05, 0) is 12.1 Å². The van der Waals surface area contributed by atoms with Crippen LogP contribution in [0.25, 0.3) is 0 Å². The first kappa shape index (κ1) is 13.2. The van der Waals surface area contributed by atoms with Crippen molar-refractivity contribution < 1.29 is 10.0 Å². The Kier molecular flexibility index (Phi) is 3.31. The Morgan fingerprint density at radius 2 is 1.95 bits per heavy atom. The summed E-state index contributed by atoms with van der Waals surface area (Å²) in [4.78, 5) is 18.5. The molecule has 0 saturated heterocycles. The summed E-state index contributed by atoms with van der Waals surface area (Å²) in [5, 5.41) is 11.6. The fraction of sp³-hybridized carbons (Fsp3) is 0.214. The van der Waals surface area contributed by atoms with Crippen LogP contribution in [0.2, 0.25) is 0 Å². The molecule has 0 aliphatic carbocycles. The van der Waals surface area contributed by atoms with E-state index >= 15 is 0 Å². The van der Waals surface area contributed by atoms with E-state index in [2.05, 4.69) is 10.1 Å². The minimum absolute atomic E-state index is 0.0222. The van der Waals surface area contributed by atoms with Crippen LogP contribution >= 0.6 is 0 Å². The predicted molar refractivity (Wildman–Crippen MR) is 75.9 cm³/mol. The Balaban J connectivity index is 1.77. The number of nitrogens with two attached hydrogens (primary N) is 1. The highest BCUT2D eigenvalue weighted by atomic mass is 16.4. The lowest BCUT2D eigenvalue weighted by atomic mass is 10.1. The highest BCUT2D eigenvalue weighted by molar-refractivity contribution is 5.99. The Morgan fingerprint density at radius 3 is 2.67 bits per heavy atom. The molecule has 0 saturated carbocycles.